The molecule has 0 fully saturated rings. The number of aryl methyl sites for hydroxylation is 1. The predicted molar refractivity (Wildman–Crippen MR) is 109 cm³/mol. The summed E-state index contributed by atoms with van der Waals surface area (Å²) >= 11 is 4.95. The molecule has 1 heterocycles. The second-order valence-corrected chi connectivity index (χ2v) is 8.50. The quantitative estimate of drug-likeness (QED) is 0.557. The topological polar surface area (TPSA) is 61.4 Å². The minimum absolute atomic E-state index is 0.170. The molecule has 0 spiro atoms. The average molecular weight is 436 g/mol. The van der Waals surface area contributed by atoms with Crippen molar-refractivity contribution < 1.29 is 9.59 Å². The van der Waals surface area contributed by atoms with E-state index in [9.17, 15) is 9.59 Å². The minimum atomic E-state index is -0.215. The number of carbonyl (C=O) groups excluding carboxylic acids is 2. The van der Waals surface area contributed by atoms with Crippen molar-refractivity contribution in [2.75, 3.05) is 19.4 Å². The van der Waals surface area contributed by atoms with Gasteiger partial charge in [0.1, 0.15) is 5.00 Å². The number of hydrazine groups is 1. The van der Waals surface area contributed by atoms with Crippen molar-refractivity contribution in [1.29, 1.82) is 0 Å². The lowest BCUT2D eigenvalue weighted by atomic mass is 10.0. The summed E-state index contributed by atoms with van der Waals surface area (Å²) in [7, 11) is 3.56. The molecule has 5 nitrogen and oxygen atoms in total. The van der Waals surface area contributed by atoms with Crippen molar-refractivity contribution in [3.8, 4) is 0 Å². The zero-order chi connectivity index (χ0) is 18.7. The molecule has 0 bridgehead atoms. The van der Waals surface area contributed by atoms with Gasteiger partial charge in [-0.05, 0) is 59.3 Å². The maximum absolute atomic E-state index is 12.8. The number of nitrogens with one attached hydrogen (secondary N) is 2. The number of carbonyl (C=O) groups is 2. The molecule has 2 aromatic rings. The number of hydrogen-bond acceptors (Lipinski definition) is 4. The molecule has 0 atom stereocenters. The van der Waals surface area contributed by atoms with Crippen LogP contribution in [-0.2, 0) is 12.8 Å². The number of halogens is 1. The number of fused-ring (bicyclic) bond motifs is 1. The molecular weight excluding hydrogens is 414 g/mol. The Hall–Kier alpha value is -1.70. The highest BCUT2D eigenvalue weighted by molar-refractivity contribution is 9.10. The van der Waals surface area contributed by atoms with Crippen LogP contribution in [-0.4, -0.2) is 30.9 Å². The fourth-order valence-corrected chi connectivity index (χ4v) is 4.89. The van der Waals surface area contributed by atoms with Gasteiger partial charge in [-0.2, -0.15) is 0 Å². The van der Waals surface area contributed by atoms with Crippen LogP contribution in [0.3, 0.4) is 0 Å². The van der Waals surface area contributed by atoms with Crippen molar-refractivity contribution in [2.24, 2.45) is 0 Å². The van der Waals surface area contributed by atoms with E-state index in [0.29, 0.717) is 16.1 Å². The van der Waals surface area contributed by atoms with E-state index in [1.54, 1.807) is 25.2 Å². The third-order valence-corrected chi connectivity index (χ3v) is 6.22. The SMILES string of the molecule is CN(C)NC(=O)c1c(NC(=O)c2ccccc2Br)sc2c1CCCCC2. The maximum atomic E-state index is 12.8. The van der Waals surface area contributed by atoms with E-state index < -0.39 is 0 Å². The van der Waals surface area contributed by atoms with Gasteiger partial charge in [0, 0.05) is 23.4 Å². The van der Waals surface area contributed by atoms with Crippen LogP contribution in [0.25, 0.3) is 0 Å². The molecule has 1 aliphatic carbocycles. The number of nitrogens with zero attached hydrogens (tertiary/aromatic N) is 1. The van der Waals surface area contributed by atoms with E-state index in [1.165, 1.54) is 22.6 Å². The third-order valence-electron chi connectivity index (χ3n) is 4.32. The first-order chi connectivity index (χ1) is 12.5. The molecule has 0 saturated carbocycles. The molecule has 0 aliphatic heterocycles. The summed E-state index contributed by atoms with van der Waals surface area (Å²) in [4.78, 5) is 26.8. The van der Waals surface area contributed by atoms with Crippen LogP contribution in [0, 0.1) is 0 Å². The van der Waals surface area contributed by atoms with Gasteiger partial charge in [-0.15, -0.1) is 11.3 Å². The smallest absolute Gasteiger partial charge is 0.268 e. The Morgan fingerprint density at radius 3 is 2.54 bits per heavy atom. The first-order valence-corrected chi connectivity index (χ1v) is 10.3. The normalized spacial score (nSPS) is 13.8. The summed E-state index contributed by atoms with van der Waals surface area (Å²) in [5, 5.41) is 5.23. The Balaban J connectivity index is 1.96. The zero-order valence-electron chi connectivity index (χ0n) is 14.9. The Bertz CT molecular complexity index is 832. The van der Waals surface area contributed by atoms with E-state index >= 15 is 0 Å². The molecular formula is C19H22BrN3O2S. The molecule has 1 aromatic carbocycles. The molecule has 0 saturated heterocycles. The summed E-state index contributed by atoms with van der Waals surface area (Å²) in [5.41, 5.74) is 5.08. The average Bonchev–Trinajstić information content (AvgIpc) is 2.75. The van der Waals surface area contributed by atoms with Crippen molar-refractivity contribution in [2.45, 2.75) is 32.1 Å². The Morgan fingerprint density at radius 1 is 1.08 bits per heavy atom. The van der Waals surface area contributed by atoms with E-state index in [2.05, 4.69) is 26.7 Å². The van der Waals surface area contributed by atoms with Gasteiger partial charge in [0.2, 0.25) is 0 Å². The molecule has 26 heavy (non-hydrogen) atoms. The minimum Gasteiger partial charge on any atom is -0.313 e. The van der Waals surface area contributed by atoms with Gasteiger partial charge >= 0.3 is 0 Å². The standard InChI is InChI=1S/C19H22BrN3O2S/c1-23(2)22-18(25)16-13-9-4-3-5-11-15(13)26-19(16)21-17(24)12-8-6-7-10-14(12)20/h6-8,10H,3-5,9,11H2,1-2H3,(H,21,24)(H,22,25). The van der Waals surface area contributed by atoms with Crippen LogP contribution in [0.5, 0.6) is 0 Å². The van der Waals surface area contributed by atoms with Gasteiger partial charge in [0.15, 0.2) is 0 Å². The largest absolute Gasteiger partial charge is 0.313 e. The van der Waals surface area contributed by atoms with E-state index in [-0.39, 0.29) is 11.8 Å². The van der Waals surface area contributed by atoms with Crippen LogP contribution >= 0.6 is 27.3 Å². The maximum Gasteiger partial charge on any atom is 0.268 e. The Kier molecular flexibility index (Phi) is 6.11. The Morgan fingerprint density at radius 2 is 1.81 bits per heavy atom. The second-order valence-electron chi connectivity index (χ2n) is 6.54. The summed E-state index contributed by atoms with van der Waals surface area (Å²) in [6, 6.07) is 7.28. The van der Waals surface area contributed by atoms with Gasteiger partial charge < -0.3 is 5.32 Å². The highest BCUT2D eigenvalue weighted by Crippen LogP contribution is 2.38. The van der Waals surface area contributed by atoms with Gasteiger partial charge in [-0.3, -0.25) is 15.0 Å². The molecule has 2 amide bonds. The fourth-order valence-electron chi connectivity index (χ4n) is 3.15. The van der Waals surface area contributed by atoms with Crippen molar-refractivity contribution >= 4 is 44.1 Å². The van der Waals surface area contributed by atoms with E-state index in [4.69, 9.17) is 0 Å². The summed E-state index contributed by atoms with van der Waals surface area (Å²) in [6.45, 7) is 0. The Labute approximate surface area is 165 Å². The molecule has 3 rings (SSSR count). The highest BCUT2D eigenvalue weighted by Gasteiger charge is 2.26. The van der Waals surface area contributed by atoms with Crippen LogP contribution in [0.15, 0.2) is 28.7 Å². The van der Waals surface area contributed by atoms with Crippen molar-refractivity contribution in [3.05, 3.63) is 50.3 Å². The summed E-state index contributed by atoms with van der Waals surface area (Å²) < 4.78 is 0.731. The number of anilines is 1. The second kappa shape index (κ2) is 8.33. The van der Waals surface area contributed by atoms with Gasteiger partial charge in [0.05, 0.1) is 11.1 Å². The molecule has 1 aromatic heterocycles. The number of hydrogen-bond donors (Lipinski definition) is 2. The predicted octanol–water partition coefficient (Wildman–Crippen LogP) is 4.24. The highest BCUT2D eigenvalue weighted by atomic mass is 79.9. The van der Waals surface area contributed by atoms with Crippen LogP contribution in [0.4, 0.5) is 5.00 Å². The lowest BCUT2D eigenvalue weighted by molar-refractivity contribution is 0.0857. The molecule has 0 radical (unpaired) electrons. The first kappa shape index (κ1) is 19.1. The fraction of sp³-hybridized carbons (Fsp3) is 0.368. The van der Waals surface area contributed by atoms with Crippen LogP contribution in [0.2, 0.25) is 0 Å². The molecule has 1 aliphatic rings. The van der Waals surface area contributed by atoms with Crippen LogP contribution in [0.1, 0.15) is 50.4 Å². The number of benzene rings is 1. The first-order valence-electron chi connectivity index (χ1n) is 8.66. The number of rotatable bonds is 4. The summed E-state index contributed by atoms with van der Waals surface area (Å²) in [5.74, 6) is -0.385. The number of thiophene rings is 1. The lowest BCUT2D eigenvalue weighted by Crippen LogP contribution is -2.36. The van der Waals surface area contributed by atoms with Crippen molar-refractivity contribution in [1.82, 2.24) is 10.4 Å². The van der Waals surface area contributed by atoms with Gasteiger partial charge in [0.25, 0.3) is 11.8 Å². The van der Waals surface area contributed by atoms with Crippen LogP contribution < -0.4 is 10.7 Å². The van der Waals surface area contributed by atoms with Gasteiger partial charge in [-0.1, -0.05) is 18.6 Å². The monoisotopic (exact) mass is 435 g/mol. The zero-order valence-corrected chi connectivity index (χ0v) is 17.3. The number of amides is 2. The summed E-state index contributed by atoms with van der Waals surface area (Å²) in [6.07, 6.45) is 5.22. The van der Waals surface area contributed by atoms with E-state index in [1.807, 2.05) is 18.2 Å². The third kappa shape index (κ3) is 4.16. The molecule has 0 unspecified atom stereocenters. The lowest BCUT2D eigenvalue weighted by Gasteiger charge is -2.14. The molecule has 7 heteroatoms. The van der Waals surface area contributed by atoms with E-state index in [0.717, 1.165) is 35.7 Å². The molecule has 138 valence electrons. The van der Waals surface area contributed by atoms with Crippen molar-refractivity contribution in [3.63, 3.8) is 0 Å². The van der Waals surface area contributed by atoms with Gasteiger partial charge in [-0.25, -0.2) is 5.01 Å². The molecule has 2 N–H and O–H groups in total.